The van der Waals surface area contributed by atoms with Gasteiger partial charge >= 0.3 is 0 Å². The molecule has 1 fully saturated rings. The number of amides is 1. The molecule has 4 aromatic rings. The van der Waals surface area contributed by atoms with Gasteiger partial charge in [-0.25, -0.2) is 9.97 Å². The number of nitrogens with zero attached hydrogens (tertiary/aromatic N) is 3. The molecule has 33 heavy (non-hydrogen) atoms. The van der Waals surface area contributed by atoms with E-state index in [0.29, 0.717) is 22.3 Å². The van der Waals surface area contributed by atoms with E-state index < -0.39 is 0 Å². The Labute approximate surface area is 196 Å². The third-order valence-electron chi connectivity index (χ3n) is 5.81. The fourth-order valence-electron chi connectivity index (χ4n) is 4.06. The van der Waals surface area contributed by atoms with Crippen LogP contribution in [0.3, 0.4) is 0 Å². The number of thiazole rings is 1. The predicted octanol–water partition coefficient (Wildman–Crippen LogP) is 5.45. The van der Waals surface area contributed by atoms with Crippen LogP contribution >= 0.6 is 11.3 Å². The Morgan fingerprint density at radius 2 is 1.76 bits per heavy atom. The number of aromatic nitrogens is 3. The minimum Gasteiger partial charge on any atom is -0.497 e. The Balaban J connectivity index is 1.48. The predicted molar refractivity (Wildman–Crippen MR) is 132 cm³/mol. The van der Waals surface area contributed by atoms with Crippen LogP contribution in [0.5, 0.6) is 5.75 Å². The van der Waals surface area contributed by atoms with Crippen LogP contribution in [0.2, 0.25) is 0 Å². The summed E-state index contributed by atoms with van der Waals surface area (Å²) in [7, 11) is 1.63. The SMILES string of the molecule is COc1ccc(-c2[nH]c(-c3ccc(N4CCCCC4)cc3)nc2C(=O)Nc2nccs2)cc1. The maximum absolute atomic E-state index is 13.1. The van der Waals surface area contributed by atoms with E-state index in [1.807, 2.05) is 29.6 Å². The highest BCUT2D eigenvalue weighted by Crippen LogP contribution is 2.30. The number of nitrogens with one attached hydrogen (secondary N) is 2. The summed E-state index contributed by atoms with van der Waals surface area (Å²) in [5.74, 6) is 1.10. The van der Waals surface area contributed by atoms with Gasteiger partial charge in [-0.1, -0.05) is 0 Å². The number of ether oxygens (including phenoxy) is 1. The number of imidazole rings is 1. The second kappa shape index (κ2) is 9.46. The summed E-state index contributed by atoms with van der Waals surface area (Å²) in [4.78, 5) is 27.7. The van der Waals surface area contributed by atoms with Crippen LogP contribution < -0.4 is 15.0 Å². The number of aromatic amines is 1. The lowest BCUT2D eigenvalue weighted by Gasteiger charge is -2.28. The van der Waals surface area contributed by atoms with Crippen molar-refractivity contribution in [3.8, 4) is 28.4 Å². The maximum Gasteiger partial charge on any atom is 0.278 e. The number of H-pyrrole nitrogens is 1. The van der Waals surface area contributed by atoms with Crippen LogP contribution in [0.15, 0.2) is 60.1 Å². The lowest BCUT2D eigenvalue weighted by molar-refractivity contribution is 0.102. The summed E-state index contributed by atoms with van der Waals surface area (Å²) >= 11 is 1.37. The van der Waals surface area contributed by atoms with E-state index in [1.165, 1.54) is 36.3 Å². The zero-order chi connectivity index (χ0) is 22.6. The van der Waals surface area contributed by atoms with Crippen molar-refractivity contribution in [2.24, 2.45) is 0 Å². The number of piperidine rings is 1. The van der Waals surface area contributed by atoms with Crippen LogP contribution in [0.25, 0.3) is 22.6 Å². The van der Waals surface area contributed by atoms with Crippen LogP contribution in [-0.2, 0) is 0 Å². The summed E-state index contributed by atoms with van der Waals surface area (Å²) in [6.07, 6.45) is 5.44. The van der Waals surface area contributed by atoms with Crippen molar-refractivity contribution in [2.45, 2.75) is 19.3 Å². The van der Waals surface area contributed by atoms with Gasteiger partial charge in [0.05, 0.1) is 12.8 Å². The number of carbonyl (C=O) groups excluding carboxylic acids is 1. The number of hydrogen-bond donors (Lipinski definition) is 2. The van der Waals surface area contributed by atoms with Crippen molar-refractivity contribution >= 4 is 28.1 Å². The Kier molecular flexibility index (Phi) is 6.08. The molecule has 0 saturated carbocycles. The molecular formula is C25H25N5O2S. The van der Waals surface area contributed by atoms with Crippen LogP contribution in [0, 0.1) is 0 Å². The van der Waals surface area contributed by atoms with Gasteiger partial charge in [-0.2, -0.15) is 0 Å². The molecule has 5 rings (SSSR count). The molecule has 1 aliphatic rings. The van der Waals surface area contributed by atoms with E-state index in [-0.39, 0.29) is 5.91 Å². The highest BCUT2D eigenvalue weighted by atomic mass is 32.1. The Morgan fingerprint density at radius 1 is 1.03 bits per heavy atom. The molecule has 1 amide bonds. The van der Waals surface area contributed by atoms with Gasteiger partial charge in [-0.3, -0.25) is 10.1 Å². The van der Waals surface area contributed by atoms with Crippen molar-refractivity contribution in [2.75, 3.05) is 30.4 Å². The Hall–Kier alpha value is -3.65. The topological polar surface area (TPSA) is 83.1 Å². The molecule has 7 nitrogen and oxygen atoms in total. The lowest BCUT2D eigenvalue weighted by Crippen LogP contribution is -2.29. The van der Waals surface area contributed by atoms with Gasteiger partial charge in [0.1, 0.15) is 11.6 Å². The minimum atomic E-state index is -0.303. The van der Waals surface area contributed by atoms with Crippen molar-refractivity contribution in [3.05, 3.63) is 65.8 Å². The largest absolute Gasteiger partial charge is 0.497 e. The highest BCUT2D eigenvalue weighted by molar-refractivity contribution is 7.13. The molecule has 8 heteroatoms. The molecule has 2 aromatic heterocycles. The smallest absolute Gasteiger partial charge is 0.278 e. The fourth-order valence-corrected chi connectivity index (χ4v) is 4.59. The molecule has 0 spiro atoms. The van der Waals surface area contributed by atoms with E-state index in [2.05, 4.69) is 49.4 Å². The monoisotopic (exact) mass is 459 g/mol. The third kappa shape index (κ3) is 4.61. The second-order valence-corrected chi connectivity index (χ2v) is 8.82. The number of rotatable bonds is 6. The number of methoxy groups -OCH3 is 1. The summed E-state index contributed by atoms with van der Waals surface area (Å²) in [5.41, 5.74) is 3.98. The summed E-state index contributed by atoms with van der Waals surface area (Å²) in [5, 5.41) is 5.20. The molecule has 3 heterocycles. The number of anilines is 2. The molecule has 0 bridgehead atoms. The molecular weight excluding hydrogens is 434 g/mol. The van der Waals surface area contributed by atoms with Gasteiger partial charge in [0.2, 0.25) is 0 Å². The summed E-state index contributed by atoms with van der Waals surface area (Å²) < 4.78 is 5.27. The number of carbonyl (C=O) groups is 1. The number of hydrogen-bond acceptors (Lipinski definition) is 6. The molecule has 1 aliphatic heterocycles. The standard InChI is InChI=1S/C25H25N5O2S/c1-32-20-11-7-17(8-12-20)21-22(24(31)29-25-26-13-16-33-25)28-23(27-21)18-5-9-19(10-6-18)30-14-3-2-4-15-30/h5-13,16H,2-4,14-15H2,1H3,(H,27,28)(H,26,29,31). The van der Waals surface area contributed by atoms with Gasteiger partial charge in [-0.15, -0.1) is 11.3 Å². The van der Waals surface area contributed by atoms with Crippen molar-refractivity contribution in [1.29, 1.82) is 0 Å². The van der Waals surface area contributed by atoms with Crippen LogP contribution in [0.1, 0.15) is 29.8 Å². The van der Waals surface area contributed by atoms with E-state index in [9.17, 15) is 4.79 Å². The molecule has 0 aliphatic carbocycles. The first-order chi connectivity index (χ1) is 16.2. The van der Waals surface area contributed by atoms with E-state index in [1.54, 1.807) is 13.3 Å². The van der Waals surface area contributed by atoms with Crippen molar-refractivity contribution in [3.63, 3.8) is 0 Å². The maximum atomic E-state index is 13.1. The van der Waals surface area contributed by atoms with Crippen LogP contribution in [-0.4, -0.2) is 41.1 Å². The van der Waals surface area contributed by atoms with E-state index in [0.717, 1.165) is 30.0 Å². The molecule has 168 valence electrons. The highest BCUT2D eigenvalue weighted by Gasteiger charge is 2.21. The van der Waals surface area contributed by atoms with Crippen LogP contribution in [0.4, 0.5) is 10.8 Å². The Morgan fingerprint density at radius 3 is 2.42 bits per heavy atom. The summed E-state index contributed by atoms with van der Waals surface area (Å²) in [6, 6.07) is 15.9. The zero-order valence-electron chi connectivity index (χ0n) is 18.4. The van der Waals surface area contributed by atoms with Gasteiger partial charge in [0.25, 0.3) is 5.91 Å². The van der Waals surface area contributed by atoms with E-state index >= 15 is 0 Å². The molecule has 0 unspecified atom stereocenters. The Bertz CT molecular complexity index is 1210. The summed E-state index contributed by atoms with van der Waals surface area (Å²) in [6.45, 7) is 2.20. The molecule has 2 aromatic carbocycles. The first kappa shape index (κ1) is 21.2. The minimum absolute atomic E-state index is 0.303. The molecule has 0 atom stereocenters. The fraction of sp³-hybridized carbons (Fsp3) is 0.240. The molecule has 0 radical (unpaired) electrons. The average Bonchev–Trinajstić information content (AvgIpc) is 3.55. The zero-order valence-corrected chi connectivity index (χ0v) is 19.2. The van der Waals surface area contributed by atoms with Crippen molar-refractivity contribution < 1.29 is 9.53 Å². The molecule has 2 N–H and O–H groups in total. The quantitative estimate of drug-likeness (QED) is 0.401. The average molecular weight is 460 g/mol. The van der Waals surface area contributed by atoms with Gasteiger partial charge in [0.15, 0.2) is 10.8 Å². The normalized spacial score (nSPS) is 13.7. The molecule has 1 saturated heterocycles. The van der Waals surface area contributed by atoms with Crippen molar-refractivity contribution in [1.82, 2.24) is 15.0 Å². The van der Waals surface area contributed by atoms with Gasteiger partial charge in [-0.05, 0) is 67.8 Å². The lowest BCUT2D eigenvalue weighted by atomic mass is 10.1. The third-order valence-corrected chi connectivity index (χ3v) is 6.50. The first-order valence-electron chi connectivity index (χ1n) is 11.0. The van der Waals surface area contributed by atoms with E-state index in [4.69, 9.17) is 4.74 Å². The first-order valence-corrected chi connectivity index (χ1v) is 11.9. The second-order valence-electron chi connectivity index (χ2n) is 7.92. The van der Waals surface area contributed by atoms with Gasteiger partial charge in [0, 0.05) is 41.5 Å². The van der Waals surface area contributed by atoms with Gasteiger partial charge < -0.3 is 14.6 Å². The number of benzene rings is 2.